The number of carbonyl (C=O) groups is 2. The number of ether oxygens (including phenoxy) is 1. The van der Waals surface area contributed by atoms with Crippen LogP contribution in [0.4, 0.5) is 5.82 Å². The number of furan rings is 1. The Labute approximate surface area is 208 Å². The maximum absolute atomic E-state index is 13.0. The lowest BCUT2D eigenvalue weighted by molar-refractivity contribution is 0.0857. The van der Waals surface area contributed by atoms with Gasteiger partial charge >= 0.3 is 0 Å². The number of fused-ring (bicyclic) bond motifs is 8. The summed E-state index contributed by atoms with van der Waals surface area (Å²) in [4.78, 5) is 30.2. The van der Waals surface area contributed by atoms with Crippen molar-refractivity contribution in [1.82, 2.24) is 10.3 Å². The van der Waals surface area contributed by atoms with Crippen molar-refractivity contribution in [3.8, 4) is 0 Å². The van der Waals surface area contributed by atoms with E-state index in [1.807, 2.05) is 57.2 Å². The van der Waals surface area contributed by atoms with Crippen LogP contribution in [-0.4, -0.2) is 16.7 Å². The summed E-state index contributed by atoms with van der Waals surface area (Å²) in [5.41, 5.74) is 13.7. The van der Waals surface area contributed by atoms with Gasteiger partial charge in [0, 0.05) is 23.4 Å². The minimum absolute atomic E-state index is 0.162. The van der Waals surface area contributed by atoms with Gasteiger partial charge in [-0.3, -0.25) is 9.59 Å². The van der Waals surface area contributed by atoms with Gasteiger partial charge in [0.1, 0.15) is 23.8 Å². The third-order valence-electron chi connectivity index (χ3n) is 7.06. The third-order valence-corrected chi connectivity index (χ3v) is 7.06. The normalized spacial score (nSPS) is 17.1. The fourth-order valence-corrected chi connectivity index (χ4v) is 5.25. The first-order chi connectivity index (χ1) is 17.3. The van der Waals surface area contributed by atoms with Crippen molar-refractivity contribution in [2.75, 3.05) is 5.73 Å². The first kappa shape index (κ1) is 22.2. The second-order valence-corrected chi connectivity index (χ2v) is 9.43. The average Bonchev–Trinajstić information content (AvgIpc) is 3.56. The lowest BCUT2D eigenvalue weighted by Gasteiger charge is -2.17. The summed E-state index contributed by atoms with van der Waals surface area (Å²) in [5, 5.41) is 3.00. The van der Waals surface area contributed by atoms with E-state index in [2.05, 4.69) is 10.3 Å². The van der Waals surface area contributed by atoms with Crippen molar-refractivity contribution >= 4 is 17.5 Å². The van der Waals surface area contributed by atoms with Gasteiger partial charge in [-0.15, -0.1) is 0 Å². The van der Waals surface area contributed by atoms with E-state index in [4.69, 9.17) is 14.9 Å². The van der Waals surface area contributed by atoms with Crippen LogP contribution >= 0.6 is 0 Å². The Morgan fingerprint density at radius 1 is 0.889 bits per heavy atom. The number of ketones is 1. The minimum atomic E-state index is -0.315. The topological polar surface area (TPSA) is 107 Å². The van der Waals surface area contributed by atoms with Crippen LogP contribution in [0.25, 0.3) is 0 Å². The van der Waals surface area contributed by atoms with E-state index in [0.29, 0.717) is 35.0 Å². The molecule has 2 bridgehead atoms. The molecule has 36 heavy (non-hydrogen) atoms. The molecule has 0 aliphatic carbocycles. The number of hydrogen-bond donors (Lipinski definition) is 2. The fourth-order valence-electron chi connectivity index (χ4n) is 5.25. The van der Waals surface area contributed by atoms with Crippen LogP contribution < -0.4 is 11.1 Å². The molecule has 7 nitrogen and oxygen atoms in total. The van der Waals surface area contributed by atoms with Crippen molar-refractivity contribution in [3.63, 3.8) is 0 Å². The fraction of sp³-hybridized carbons (Fsp3) is 0.207. The van der Waals surface area contributed by atoms with Gasteiger partial charge in [0.15, 0.2) is 5.76 Å². The van der Waals surface area contributed by atoms with Gasteiger partial charge in [0.25, 0.3) is 5.91 Å². The van der Waals surface area contributed by atoms with Gasteiger partial charge in [-0.2, -0.15) is 0 Å². The van der Waals surface area contributed by atoms with Crippen LogP contribution in [0, 0.1) is 20.8 Å². The zero-order chi connectivity index (χ0) is 25.1. The summed E-state index contributed by atoms with van der Waals surface area (Å²) in [6.45, 7) is 6.02. The molecule has 2 aromatic carbocycles. The average molecular weight is 480 g/mol. The van der Waals surface area contributed by atoms with Crippen LogP contribution in [-0.2, 0) is 11.3 Å². The first-order valence-corrected chi connectivity index (χ1v) is 11.8. The molecule has 2 atom stereocenters. The predicted molar refractivity (Wildman–Crippen MR) is 134 cm³/mol. The zero-order valence-corrected chi connectivity index (χ0v) is 20.2. The number of nitrogens with two attached hydrogens (primary N) is 1. The van der Waals surface area contributed by atoms with Crippen LogP contribution in [0.3, 0.4) is 0 Å². The Hall–Kier alpha value is -4.23. The van der Waals surface area contributed by atoms with Gasteiger partial charge in [0.05, 0.1) is 0 Å². The SMILES string of the molecule is Cc1ccc(C(=O)c2ccc3c(c2)C2OC3c3ccc(C(=O)NCc4c(C)cc(N)nc4C)cc32)o1. The molecule has 0 saturated carbocycles. The van der Waals surface area contributed by atoms with Crippen LogP contribution in [0.5, 0.6) is 0 Å². The third kappa shape index (κ3) is 3.51. The second-order valence-electron chi connectivity index (χ2n) is 9.43. The number of nitrogens with one attached hydrogen (secondary N) is 1. The number of benzene rings is 2. The first-order valence-electron chi connectivity index (χ1n) is 11.8. The van der Waals surface area contributed by atoms with Gasteiger partial charge < -0.3 is 20.2 Å². The molecule has 3 N–H and O–H groups in total. The van der Waals surface area contributed by atoms with Crippen molar-refractivity contribution in [1.29, 1.82) is 0 Å². The van der Waals surface area contributed by atoms with Gasteiger partial charge in [-0.1, -0.05) is 18.2 Å². The maximum Gasteiger partial charge on any atom is 0.251 e. The highest BCUT2D eigenvalue weighted by Crippen LogP contribution is 2.54. The van der Waals surface area contributed by atoms with Gasteiger partial charge in [-0.25, -0.2) is 4.98 Å². The number of rotatable bonds is 5. The van der Waals surface area contributed by atoms with E-state index in [1.54, 1.807) is 18.2 Å². The summed E-state index contributed by atoms with van der Waals surface area (Å²) in [6.07, 6.45) is -0.511. The van der Waals surface area contributed by atoms with E-state index in [9.17, 15) is 9.59 Å². The van der Waals surface area contributed by atoms with E-state index in [1.165, 1.54) is 0 Å². The minimum Gasteiger partial charge on any atom is -0.458 e. The van der Waals surface area contributed by atoms with E-state index in [-0.39, 0.29) is 23.9 Å². The number of nitrogens with zero attached hydrogens (tertiary/aromatic N) is 1. The number of anilines is 1. The summed E-state index contributed by atoms with van der Waals surface area (Å²) >= 11 is 0. The number of aryl methyl sites for hydroxylation is 3. The molecule has 0 saturated heterocycles. The molecule has 2 aromatic heterocycles. The Kier molecular flexibility index (Phi) is 5.05. The number of nitrogen functional groups attached to an aromatic ring is 1. The monoisotopic (exact) mass is 479 g/mol. The molecule has 0 fully saturated rings. The molecule has 2 aliphatic rings. The molecule has 1 amide bonds. The Bertz CT molecular complexity index is 1550. The summed E-state index contributed by atoms with van der Waals surface area (Å²) in [7, 11) is 0. The number of carbonyl (C=O) groups excluding carboxylic acids is 2. The molecule has 2 unspecified atom stereocenters. The number of amides is 1. The van der Waals surface area contributed by atoms with Crippen molar-refractivity contribution in [3.05, 3.63) is 116 Å². The molecule has 2 aliphatic heterocycles. The lowest BCUT2D eigenvalue weighted by Crippen LogP contribution is -2.24. The van der Waals surface area contributed by atoms with Crippen molar-refractivity contribution < 1.29 is 18.7 Å². The highest BCUT2D eigenvalue weighted by molar-refractivity contribution is 6.07. The van der Waals surface area contributed by atoms with Crippen molar-refractivity contribution in [2.24, 2.45) is 0 Å². The molecule has 180 valence electrons. The summed E-state index contributed by atoms with van der Waals surface area (Å²) < 4.78 is 11.8. The number of hydrogen-bond acceptors (Lipinski definition) is 6. The van der Waals surface area contributed by atoms with Gasteiger partial charge in [-0.05, 0) is 90.6 Å². The van der Waals surface area contributed by atoms with E-state index < -0.39 is 0 Å². The van der Waals surface area contributed by atoms with Crippen LogP contribution in [0.15, 0.2) is 59.0 Å². The smallest absolute Gasteiger partial charge is 0.251 e. The number of pyridine rings is 1. The predicted octanol–water partition coefficient (Wildman–Crippen LogP) is 4.87. The van der Waals surface area contributed by atoms with Crippen molar-refractivity contribution in [2.45, 2.75) is 39.5 Å². The molecule has 7 heteroatoms. The Morgan fingerprint density at radius 3 is 2.22 bits per heavy atom. The van der Waals surface area contributed by atoms with Gasteiger partial charge in [0.2, 0.25) is 5.78 Å². The van der Waals surface area contributed by atoms with E-state index >= 15 is 0 Å². The molecule has 6 rings (SSSR count). The highest BCUT2D eigenvalue weighted by Gasteiger charge is 2.43. The molecular weight excluding hydrogens is 454 g/mol. The van der Waals surface area contributed by atoms with Crippen LogP contribution in [0.2, 0.25) is 0 Å². The Morgan fingerprint density at radius 2 is 1.56 bits per heavy atom. The second kappa shape index (κ2) is 8.17. The quantitative estimate of drug-likeness (QED) is 0.396. The molecule has 4 aromatic rings. The molecule has 0 radical (unpaired) electrons. The maximum atomic E-state index is 13.0. The largest absolute Gasteiger partial charge is 0.458 e. The zero-order valence-electron chi connectivity index (χ0n) is 20.2. The highest BCUT2D eigenvalue weighted by atomic mass is 16.5. The summed E-state index contributed by atoms with van der Waals surface area (Å²) in [6, 6.07) is 16.6. The molecule has 4 heterocycles. The van der Waals surface area contributed by atoms with Crippen LogP contribution in [0.1, 0.15) is 83.5 Å². The van der Waals surface area contributed by atoms with E-state index in [0.717, 1.165) is 39.1 Å². The molecule has 0 spiro atoms. The standard InChI is InChI=1S/C29H25N3O4/c1-14-10-25(30)32-16(3)23(14)13-31-29(34)18-6-8-20-22(12-18)28-21-11-17(5-7-19(21)27(20)36-28)26(33)24-9-4-15(2)35-24/h4-12,27-28H,13H2,1-3H3,(H2,30,32)(H,31,34). The molecular formula is C29H25N3O4. The number of aromatic nitrogens is 1. The lowest BCUT2D eigenvalue weighted by atomic mass is 9.84. The Balaban J connectivity index is 1.25. The summed E-state index contributed by atoms with van der Waals surface area (Å²) in [5.74, 6) is 1.15.